The Hall–Kier alpha value is -1.32. The number of furan rings is 1. The molecule has 0 saturated carbocycles. The van der Waals surface area contributed by atoms with Crippen molar-refractivity contribution in [2.75, 3.05) is 0 Å². The Labute approximate surface area is 70.3 Å². The molecule has 0 unspecified atom stereocenters. The number of nitrogens with zero attached hydrogens (tertiary/aromatic N) is 1. The van der Waals surface area contributed by atoms with Crippen LogP contribution in [0.4, 0.5) is 5.69 Å². The minimum absolute atomic E-state index is 0.0579. The topological polar surface area (TPSA) is 56.3 Å². The van der Waals surface area contributed by atoms with E-state index in [0.717, 1.165) is 0 Å². The molecule has 0 N–H and O–H groups in total. The Morgan fingerprint density at radius 1 is 1.50 bits per heavy atom. The molecule has 1 aromatic heterocycles. The van der Waals surface area contributed by atoms with Crippen molar-refractivity contribution in [1.29, 1.82) is 0 Å². The predicted molar refractivity (Wildman–Crippen MR) is 44.1 cm³/mol. The van der Waals surface area contributed by atoms with Gasteiger partial charge in [-0.3, -0.25) is 10.1 Å². The van der Waals surface area contributed by atoms with Crippen LogP contribution in [0.3, 0.4) is 0 Å². The van der Waals surface area contributed by atoms with Gasteiger partial charge >= 0.3 is 5.69 Å². The minimum Gasteiger partial charge on any atom is -0.461 e. The van der Waals surface area contributed by atoms with Crippen LogP contribution in [0, 0.1) is 10.1 Å². The maximum Gasteiger partial charge on any atom is 0.310 e. The van der Waals surface area contributed by atoms with Gasteiger partial charge in [0.1, 0.15) is 0 Å². The van der Waals surface area contributed by atoms with Gasteiger partial charge in [-0.05, 0) is 0 Å². The second-order valence-corrected chi connectivity index (χ2v) is 3.64. The lowest BCUT2D eigenvalue weighted by atomic mass is 9.92. The van der Waals surface area contributed by atoms with Crippen LogP contribution in [0.25, 0.3) is 0 Å². The molecule has 1 aromatic rings. The lowest BCUT2D eigenvalue weighted by molar-refractivity contribution is -0.386. The third kappa shape index (κ3) is 1.47. The molecule has 0 saturated heterocycles. The van der Waals surface area contributed by atoms with Crippen molar-refractivity contribution in [2.24, 2.45) is 0 Å². The summed E-state index contributed by atoms with van der Waals surface area (Å²) < 4.78 is 5.05. The molecule has 4 nitrogen and oxygen atoms in total. The summed E-state index contributed by atoms with van der Waals surface area (Å²) in [7, 11) is 0. The van der Waals surface area contributed by atoms with Gasteiger partial charge in [-0.15, -0.1) is 0 Å². The molecule has 0 bridgehead atoms. The van der Waals surface area contributed by atoms with Gasteiger partial charge in [0.05, 0.1) is 17.3 Å². The average Bonchev–Trinajstić information content (AvgIpc) is 2.30. The summed E-state index contributed by atoms with van der Waals surface area (Å²) in [6.07, 6.45) is 1.35. The number of nitro groups is 1. The molecule has 0 aliphatic rings. The molecule has 0 spiro atoms. The number of rotatable bonds is 1. The maximum absolute atomic E-state index is 10.5. The predicted octanol–water partition coefficient (Wildman–Crippen LogP) is 2.49. The Kier molecular flexibility index (Phi) is 1.92. The van der Waals surface area contributed by atoms with Gasteiger partial charge < -0.3 is 4.42 Å². The molecule has 1 heterocycles. The SMILES string of the molecule is CC(C)(C)c1occc1[N+](=O)[O-]. The van der Waals surface area contributed by atoms with Crippen molar-refractivity contribution < 1.29 is 9.34 Å². The van der Waals surface area contributed by atoms with Crippen molar-refractivity contribution in [1.82, 2.24) is 0 Å². The minimum atomic E-state index is -0.427. The number of hydrogen-bond donors (Lipinski definition) is 0. The van der Waals surface area contributed by atoms with E-state index in [9.17, 15) is 10.1 Å². The Morgan fingerprint density at radius 3 is 2.42 bits per heavy atom. The first-order valence-electron chi connectivity index (χ1n) is 3.65. The monoisotopic (exact) mass is 169 g/mol. The van der Waals surface area contributed by atoms with E-state index < -0.39 is 4.92 Å². The van der Waals surface area contributed by atoms with Crippen LogP contribution < -0.4 is 0 Å². The van der Waals surface area contributed by atoms with E-state index in [0.29, 0.717) is 5.76 Å². The van der Waals surface area contributed by atoms with Gasteiger partial charge in [0.2, 0.25) is 0 Å². The molecule has 0 aliphatic heterocycles. The van der Waals surface area contributed by atoms with Gasteiger partial charge in [0, 0.05) is 5.41 Å². The molecule has 4 heteroatoms. The Balaban J connectivity index is 3.17. The smallest absolute Gasteiger partial charge is 0.310 e. The molecule has 0 aromatic carbocycles. The molecule has 12 heavy (non-hydrogen) atoms. The number of hydrogen-bond acceptors (Lipinski definition) is 3. The molecule has 0 fully saturated rings. The lowest BCUT2D eigenvalue weighted by Gasteiger charge is -2.13. The highest BCUT2D eigenvalue weighted by Gasteiger charge is 2.28. The van der Waals surface area contributed by atoms with Crippen LogP contribution in [0.1, 0.15) is 26.5 Å². The Bertz CT molecular complexity index is 295. The second-order valence-electron chi connectivity index (χ2n) is 3.64. The van der Waals surface area contributed by atoms with Crippen molar-refractivity contribution in [3.63, 3.8) is 0 Å². The van der Waals surface area contributed by atoms with Crippen molar-refractivity contribution in [3.8, 4) is 0 Å². The van der Waals surface area contributed by atoms with Crippen LogP contribution in [0.5, 0.6) is 0 Å². The zero-order chi connectivity index (χ0) is 9.35. The van der Waals surface area contributed by atoms with Crippen molar-refractivity contribution in [3.05, 3.63) is 28.2 Å². The van der Waals surface area contributed by atoms with Crippen molar-refractivity contribution in [2.45, 2.75) is 26.2 Å². The third-order valence-electron chi connectivity index (χ3n) is 1.52. The molecular formula is C8H11NO3. The second kappa shape index (κ2) is 2.62. The van der Waals surface area contributed by atoms with Crippen LogP contribution in [-0.2, 0) is 5.41 Å². The van der Waals surface area contributed by atoms with Gasteiger partial charge in [0.15, 0.2) is 5.76 Å². The molecule has 0 aliphatic carbocycles. The summed E-state index contributed by atoms with van der Waals surface area (Å²) in [4.78, 5) is 10.0. The highest BCUT2D eigenvalue weighted by Crippen LogP contribution is 2.31. The van der Waals surface area contributed by atoms with E-state index in [1.165, 1.54) is 12.3 Å². The van der Waals surface area contributed by atoms with Crippen LogP contribution in [0.2, 0.25) is 0 Å². The summed E-state index contributed by atoms with van der Waals surface area (Å²) in [5.74, 6) is 0.424. The van der Waals surface area contributed by atoms with Crippen molar-refractivity contribution >= 4 is 5.69 Å². The van der Waals surface area contributed by atoms with E-state index in [4.69, 9.17) is 4.42 Å². The lowest BCUT2D eigenvalue weighted by Crippen LogP contribution is -2.11. The maximum atomic E-state index is 10.5. The van der Waals surface area contributed by atoms with E-state index in [2.05, 4.69) is 0 Å². The van der Waals surface area contributed by atoms with Crippen LogP contribution in [-0.4, -0.2) is 4.92 Å². The van der Waals surface area contributed by atoms with E-state index >= 15 is 0 Å². The van der Waals surface area contributed by atoms with Gasteiger partial charge in [-0.1, -0.05) is 20.8 Å². The summed E-state index contributed by atoms with van der Waals surface area (Å²) in [6, 6.07) is 1.38. The van der Waals surface area contributed by atoms with Crippen LogP contribution >= 0.6 is 0 Å². The molecule has 0 amide bonds. The first-order chi connectivity index (χ1) is 5.43. The molecule has 1 rings (SSSR count). The summed E-state index contributed by atoms with van der Waals surface area (Å²) in [6.45, 7) is 5.62. The zero-order valence-electron chi connectivity index (χ0n) is 7.33. The molecule has 0 atom stereocenters. The first-order valence-corrected chi connectivity index (χ1v) is 3.65. The highest BCUT2D eigenvalue weighted by atomic mass is 16.6. The van der Waals surface area contributed by atoms with Gasteiger partial charge in [-0.2, -0.15) is 0 Å². The fraction of sp³-hybridized carbons (Fsp3) is 0.500. The molecular weight excluding hydrogens is 158 g/mol. The molecule has 66 valence electrons. The fourth-order valence-corrected chi connectivity index (χ4v) is 1.01. The van der Waals surface area contributed by atoms with Crippen LogP contribution in [0.15, 0.2) is 16.7 Å². The standard InChI is InChI=1S/C8H11NO3/c1-8(2,3)7-6(9(10)11)4-5-12-7/h4-5H,1-3H3. The normalized spacial score (nSPS) is 11.6. The summed E-state index contributed by atoms with van der Waals surface area (Å²) in [5.41, 5.74) is -0.256. The molecule has 0 radical (unpaired) electrons. The summed E-state index contributed by atoms with van der Waals surface area (Å²) in [5, 5.41) is 10.5. The Morgan fingerprint density at radius 2 is 2.08 bits per heavy atom. The van der Waals surface area contributed by atoms with Gasteiger partial charge in [0.25, 0.3) is 0 Å². The first kappa shape index (κ1) is 8.77. The van der Waals surface area contributed by atoms with E-state index in [-0.39, 0.29) is 11.1 Å². The van der Waals surface area contributed by atoms with E-state index in [1.54, 1.807) is 0 Å². The zero-order valence-corrected chi connectivity index (χ0v) is 7.33. The average molecular weight is 169 g/mol. The quantitative estimate of drug-likeness (QED) is 0.479. The highest BCUT2D eigenvalue weighted by molar-refractivity contribution is 5.36. The fourth-order valence-electron chi connectivity index (χ4n) is 1.01. The largest absolute Gasteiger partial charge is 0.461 e. The van der Waals surface area contributed by atoms with E-state index in [1.807, 2.05) is 20.8 Å². The van der Waals surface area contributed by atoms with Gasteiger partial charge in [-0.25, -0.2) is 0 Å². The summed E-state index contributed by atoms with van der Waals surface area (Å²) >= 11 is 0. The third-order valence-corrected chi connectivity index (χ3v) is 1.52.